The Morgan fingerprint density at radius 3 is 2.52 bits per heavy atom. The summed E-state index contributed by atoms with van der Waals surface area (Å²) in [5.74, 6) is 0.819. The van der Waals surface area contributed by atoms with E-state index in [0.29, 0.717) is 19.0 Å². The number of aryl methyl sites for hydroxylation is 2. The van der Waals surface area contributed by atoms with Crippen LogP contribution in [0.25, 0.3) is 0 Å². The molecule has 0 aromatic carbocycles. The van der Waals surface area contributed by atoms with Gasteiger partial charge >= 0.3 is 0 Å². The molecule has 1 amide bonds. The van der Waals surface area contributed by atoms with Gasteiger partial charge in [-0.2, -0.15) is 5.10 Å². The second kappa shape index (κ2) is 6.18. The van der Waals surface area contributed by atoms with Crippen LogP contribution in [0.5, 0.6) is 0 Å². The number of nitrogens with one attached hydrogen (secondary N) is 1. The molecule has 0 radical (unpaired) electrons. The molecule has 0 bridgehead atoms. The third kappa shape index (κ3) is 3.12. The van der Waals surface area contributed by atoms with Crippen molar-refractivity contribution in [3.63, 3.8) is 0 Å². The number of hydrogen-bond donors (Lipinski definition) is 2. The molecule has 1 saturated carbocycles. The van der Waals surface area contributed by atoms with E-state index in [1.54, 1.807) is 0 Å². The van der Waals surface area contributed by atoms with E-state index < -0.39 is 0 Å². The summed E-state index contributed by atoms with van der Waals surface area (Å²) in [7, 11) is 1.93. The molecule has 5 nitrogen and oxygen atoms in total. The standard InChI is InChI=1S/C16H28N4O/c1-11-5-7-16(10-17,8-6-11)15(21)18-9-14-12(2)19-20(4)13(14)3/h11H,5-10,17H2,1-4H3,(H,18,21). The highest BCUT2D eigenvalue weighted by Gasteiger charge is 2.39. The van der Waals surface area contributed by atoms with Crippen LogP contribution in [0.15, 0.2) is 0 Å². The van der Waals surface area contributed by atoms with E-state index in [0.717, 1.165) is 42.6 Å². The van der Waals surface area contributed by atoms with Crippen molar-refractivity contribution in [1.29, 1.82) is 0 Å². The van der Waals surface area contributed by atoms with Crippen LogP contribution in [0.1, 0.15) is 49.6 Å². The molecule has 1 fully saturated rings. The van der Waals surface area contributed by atoms with E-state index in [9.17, 15) is 4.79 Å². The lowest BCUT2D eigenvalue weighted by molar-refractivity contribution is -0.133. The minimum atomic E-state index is -0.365. The zero-order valence-corrected chi connectivity index (χ0v) is 13.7. The fraction of sp³-hybridized carbons (Fsp3) is 0.750. The Morgan fingerprint density at radius 1 is 1.43 bits per heavy atom. The molecule has 1 heterocycles. The molecule has 0 saturated heterocycles. The highest BCUT2D eigenvalue weighted by molar-refractivity contribution is 5.83. The SMILES string of the molecule is Cc1nn(C)c(C)c1CNC(=O)C1(CN)CCC(C)CC1. The second-order valence-electron chi connectivity index (χ2n) is 6.62. The normalized spacial score (nSPS) is 25.9. The van der Waals surface area contributed by atoms with Crippen LogP contribution < -0.4 is 11.1 Å². The molecule has 0 aliphatic heterocycles. The van der Waals surface area contributed by atoms with Crippen molar-refractivity contribution in [2.45, 2.75) is 53.0 Å². The van der Waals surface area contributed by atoms with E-state index in [2.05, 4.69) is 17.3 Å². The van der Waals surface area contributed by atoms with Crippen molar-refractivity contribution in [3.8, 4) is 0 Å². The smallest absolute Gasteiger partial charge is 0.227 e. The Bertz CT molecular complexity index is 513. The molecule has 0 atom stereocenters. The Kier molecular flexibility index (Phi) is 4.71. The zero-order chi connectivity index (χ0) is 15.6. The second-order valence-corrected chi connectivity index (χ2v) is 6.62. The van der Waals surface area contributed by atoms with Gasteiger partial charge in [0.2, 0.25) is 5.91 Å². The summed E-state index contributed by atoms with van der Waals surface area (Å²) in [6.07, 6.45) is 3.99. The van der Waals surface area contributed by atoms with Crippen LogP contribution in [-0.4, -0.2) is 22.2 Å². The minimum absolute atomic E-state index is 0.111. The van der Waals surface area contributed by atoms with Crippen molar-refractivity contribution in [3.05, 3.63) is 17.0 Å². The lowest BCUT2D eigenvalue weighted by Gasteiger charge is -2.37. The molecular formula is C16H28N4O. The Morgan fingerprint density at radius 2 is 2.05 bits per heavy atom. The lowest BCUT2D eigenvalue weighted by Crippen LogP contribution is -2.47. The number of nitrogens with two attached hydrogens (primary N) is 1. The minimum Gasteiger partial charge on any atom is -0.351 e. The zero-order valence-electron chi connectivity index (χ0n) is 13.7. The average molecular weight is 292 g/mol. The van der Waals surface area contributed by atoms with E-state index in [1.165, 1.54) is 0 Å². The summed E-state index contributed by atoms with van der Waals surface area (Å²) in [5.41, 5.74) is 8.77. The first-order valence-electron chi connectivity index (χ1n) is 7.87. The molecule has 0 unspecified atom stereocenters. The van der Waals surface area contributed by atoms with E-state index >= 15 is 0 Å². The lowest BCUT2D eigenvalue weighted by atomic mass is 9.70. The highest BCUT2D eigenvalue weighted by Crippen LogP contribution is 2.38. The first kappa shape index (κ1) is 16.0. The predicted molar refractivity (Wildman–Crippen MR) is 83.6 cm³/mol. The van der Waals surface area contributed by atoms with Crippen LogP contribution >= 0.6 is 0 Å². The van der Waals surface area contributed by atoms with Gasteiger partial charge in [0.1, 0.15) is 0 Å². The molecule has 5 heteroatoms. The maximum absolute atomic E-state index is 12.6. The summed E-state index contributed by atoms with van der Waals surface area (Å²) in [6.45, 7) is 7.25. The number of carbonyl (C=O) groups excluding carboxylic acids is 1. The van der Waals surface area contributed by atoms with E-state index in [4.69, 9.17) is 5.73 Å². The van der Waals surface area contributed by atoms with Crippen molar-refractivity contribution in [1.82, 2.24) is 15.1 Å². The van der Waals surface area contributed by atoms with Gasteiger partial charge in [-0.15, -0.1) is 0 Å². The first-order valence-corrected chi connectivity index (χ1v) is 7.87. The number of amides is 1. The fourth-order valence-corrected chi connectivity index (χ4v) is 3.27. The summed E-state index contributed by atoms with van der Waals surface area (Å²) in [6, 6.07) is 0. The molecule has 1 aromatic rings. The summed E-state index contributed by atoms with van der Waals surface area (Å²) < 4.78 is 1.86. The largest absolute Gasteiger partial charge is 0.351 e. The molecule has 1 aromatic heterocycles. The van der Waals surface area contributed by atoms with E-state index in [1.807, 2.05) is 25.6 Å². The van der Waals surface area contributed by atoms with Crippen LogP contribution in [0.2, 0.25) is 0 Å². The summed E-state index contributed by atoms with van der Waals surface area (Å²) in [5, 5.41) is 7.49. The monoisotopic (exact) mass is 292 g/mol. The molecule has 1 aliphatic rings. The van der Waals surface area contributed by atoms with Crippen molar-refractivity contribution in [2.75, 3.05) is 6.54 Å². The van der Waals surface area contributed by atoms with Crippen molar-refractivity contribution < 1.29 is 4.79 Å². The van der Waals surface area contributed by atoms with Gasteiger partial charge in [-0.3, -0.25) is 9.48 Å². The Balaban J connectivity index is 2.03. The number of aromatic nitrogens is 2. The predicted octanol–water partition coefficient (Wildman–Crippen LogP) is 1.81. The summed E-state index contributed by atoms with van der Waals surface area (Å²) in [4.78, 5) is 12.6. The van der Waals surface area contributed by atoms with Gasteiger partial charge in [-0.25, -0.2) is 0 Å². The molecule has 21 heavy (non-hydrogen) atoms. The quantitative estimate of drug-likeness (QED) is 0.889. The highest BCUT2D eigenvalue weighted by atomic mass is 16.2. The van der Waals surface area contributed by atoms with Gasteiger partial charge < -0.3 is 11.1 Å². The average Bonchev–Trinajstić information content (AvgIpc) is 2.71. The Labute approximate surface area is 127 Å². The first-order chi connectivity index (χ1) is 9.89. The van der Waals surface area contributed by atoms with Gasteiger partial charge in [0.15, 0.2) is 0 Å². The van der Waals surface area contributed by atoms with Gasteiger partial charge in [-0.05, 0) is 45.4 Å². The van der Waals surface area contributed by atoms with Crippen LogP contribution in [-0.2, 0) is 18.4 Å². The molecule has 118 valence electrons. The molecule has 2 rings (SSSR count). The summed E-state index contributed by atoms with van der Waals surface area (Å²) >= 11 is 0. The molecule has 0 spiro atoms. The van der Waals surface area contributed by atoms with Gasteiger partial charge in [0.05, 0.1) is 11.1 Å². The van der Waals surface area contributed by atoms with Crippen LogP contribution in [0.4, 0.5) is 0 Å². The van der Waals surface area contributed by atoms with Crippen LogP contribution in [0, 0.1) is 25.2 Å². The number of hydrogen-bond acceptors (Lipinski definition) is 3. The molecule has 3 N–H and O–H groups in total. The van der Waals surface area contributed by atoms with Gasteiger partial charge in [-0.1, -0.05) is 6.92 Å². The Hall–Kier alpha value is -1.36. The van der Waals surface area contributed by atoms with Crippen LogP contribution in [0.3, 0.4) is 0 Å². The third-order valence-electron chi connectivity index (χ3n) is 5.19. The van der Waals surface area contributed by atoms with Gasteiger partial charge in [0, 0.05) is 31.4 Å². The molecule has 1 aliphatic carbocycles. The van der Waals surface area contributed by atoms with Gasteiger partial charge in [0.25, 0.3) is 0 Å². The van der Waals surface area contributed by atoms with E-state index in [-0.39, 0.29) is 11.3 Å². The number of rotatable bonds is 4. The van der Waals surface area contributed by atoms with Crippen molar-refractivity contribution >= 4 is 5.91 Å². The van der Waals surface area contributed by atoms with Crippen molar-refractivity contribution in [2.24, 2.45) is 24.1 Å². The topological polar surface area (TPSA) is 72.9 Å². The fourth-order valence-electron chi connectivity index (χ4n) is 3.27. The third-order valence-corrected chi connectivity index (χ3v) is 5.19. The number of nitrogens with zero attached hydrogens (tertiary/aromatic N) is 2. The number of carbonyl (C=O) groups is 1. The molecular weight excluding hydrogens is 264 g/mol. The maximum Gasteiger partial charge on any atom is 0.227 e. The maximum atomic E-state index is 12.6.